The highest BCUT2D eigenvalue weighted by Gasteiger charge is 2.24. The Morgan fingerprint density at radius 2 is 1.71 bits per heavy atom. The quantitative estimate of drug-likeness (QED) is 0.616. The summed E-state index contributed by atoms with van der Waals surface area (Å²) in [6, 6.07) is 2.29. The molecule has 3 heteroatoms. The fourth-order valence-corrected chi connectivity index (χ4v) is 1.55. The van der Waals surface area contributed by atoms with Crippen molar-refractivity contribution in [2.45, 2.75) is 78.3 Å². The van der Waals surface area contributed by atoms with Crippen LogP contribution in [0.3, 0.4) is 0 Å². The second-order valence-electron chi connectivity index (χ2n) is 6.19. The molecule has 0 saturated heterocycles. The molecule has 0 fully saturated rings. The first-order valence-electron chi connectivity index (χ1n) is 6.58. The highest BCUT2D eigenvalue weighted by Crippen LogP contribution is 2.24. The van der Waals surface area contributed by atoms with Gasteiger partial charge >= 0.3 is 0 Å². The van der Waals surface area contributed by atoms with E-state index in [1.807, 2.05) is 27.7 Å². The van der Waals surface area contributed by atoms with Crippen molar-refractivity contribution in [1.82, 2.24) is 0 Å². The zero-order chi connectivity index (χ0) is 13.5. The van der Waals surface area contributed by atoms with E-state index in [4.69, 9.17) is 0 Å². The lowest BCUT2D eigenvalue weighted by Crippen LogP contribution is -2.21. The van der Waals surface area contributed by atoms with Crippen molar-refractivity contribution in [2.24, 2.45) is 16.1 Å². The molecule has 0 rings (SSSR count). The molecule has 0 aliphatic rings. The van der Waals surface area contributed by atoms with Crippen molar-refractivity contribution in [3.05, 3.63) is 0 Å². The van der Waals surface area contributed by atoms with Crippen LogP contribution in [0.5, 0.6) is 0 Å². The van der Waals surface area contributed by atoms with Crippen LogP contribution >= 0.6 is 0 Å². The maximum absolute atomic E-state index is 9.22. The fourth-order valence-electron chi connectivity index (χ4n) is 1.55. The standard InChI is InChI=1S/C14H27N3/c1-7-8-12(2)9-10-14(6,11-15)17-16-13(3,4)5/h12H,7-10H2,1-6H3. The van der Waals surface area contributed by atoms with Gasteiger partial charge in [-0.3, -0.25) is 0 Å². The zero-order valence-corrected chi connectivity index (χ0v) is 12.2. The van der Waals surface area contributed by atoms with Gasteiger partial charge in [0.05, 0.1) is 11.6 Å². The molecule has 2 atom stereocenters. The molecule has 98 valence electrons. The average molecular weight is 237 g/mol. The molecule has 3 nitrogen and oxygen atoms in total. The summed E-state index contributed by atoms with van der Waals surface area (Å²) in [5.74, 6) is 0.664. The Kier molecular flexibility index (Phi) is 6.37. The van der Waals surface area contributed by atoms with Crippen LogP contribution in [-0.2, 0) is 0 Å². The van der Waals surface area contributed by atoms with Gasteiger partial charge in [0.2, 0.25) is 0 Å². The van der Waals surface area contributed by atoms with Crippen LogP contribution in [0.2, 0.25) is 0 Å². The Balaban J connectivity index is 4.40. The lowest BCUT2D eigenvalue weighted by atomic mass is 9.91. The molecule has 17 heavy (non-hydrogen) atoms. The minimum atomic E-state index is -0.657. The molecule has 0 amide bonds. The smallest absolute Gasteiger partial charge is 0.164 e. The molecule has 0 N–H and O–H groups in total. The molecule has 0 saturated carbocycles. The van der Waals surface area contributed by atoms with Gasteiger partial charge in [-0.05, 0) is 46.5 Å². The van der Waals surface area contributed by atoms with Crippen LogP contribution in [0.1, 0.15) is 67.2 Å². The molecule has 0 aromatic heterocycles. The predicted molar refractivity (Wildman–Crippen MR) is 71.9 cm³/mol. The lowest BCUT2D eigenvalue weighted by molar-refractivity contribution is 0.392. The molecule has 0 bridgehead atoms. The number of nitrogens with zero attached hydrogens (tertiary/aromatic N) is 3. The van der Waals surface area contributed by atoms with Gasteiger partial charge in [0.25, 0.3) is 0 Å². The summed E-state index contributed by atoms with van der Waals surface area (Å²) < 4.78 is 0. The minimum absolute atomic E-state index is 0.201. The van der Waals surface area contributed by atoms with Gasteiger partial charge in [-0.1, -0.05) is 26.7 Å². The maximum Gasteiger partial charge on any atom is 0.164 e. The number of nitriles is 1. The number of azo groups is 1. The van der Waals surface area contributed by atoms with Crippen LogP contribution in [0.25, 0.3) is 0 Å². The Hall–Kier alpha value is -0.910. The van der Waals surface area contributed by atoms with Crippen LogP contribution in [0, 0.1) is 17.2 Å². The minimum Gasteiger partial charge on any atom is -0.196 e. The first-order valence-corrected chi connectivity index (χ1v) is 6.58. The van der Waals surface area contributed by atoms with E-state index >= 15 is 0 Å². The van der Waals surface area contributed by atoms with Crippen molar-refractivity contribution in [3.8, 4) is 6.07 Å². The summed E-state index contributed by atoms with van der Waals surface area (Å²) in [6.45, 7) is 12.3. The van der Waals surface area contributed by atoms with Gasteiger partial charge in [0.1, 0.15) is 0 Å². The van der Waals surface area contributed by atoms with Gasteiger partial charge in [-0.15, -0.1) is 0 Å². The molecular weight excluding hydrogens is 210 g/mol. The first kappa shape index (κ1) is 16.1. The highest BCUT2D eigenvalue weighted by atomic mass is 15.2. The molecule has 0 spiro atoms. The third kappa shape index (κ3) is 7.90. The Morgan fingerprint density at radius 3 is 2.12 bits per heavy atom. The van der Waals surface area contributed by atoms with Gasteiger partial charge in [0.15, 0.2) is 5.54 Å². The van der Waals surface area contributed by atoms with Crippen LogP contribution in [0.4, 0.5) is 0 Å². The summed E-state index contributed by atoms with van der Waals surface area (Å²) in [5, 5.41) is 17.7. The molecule has 0 aliphatic heterocycles. The lowest BCUT2D eigenvalue weighted by Gasteiger charge is -2.20. The van der Waals surface area contributed by atoms with Gasteiger partial charge in [-0.2, -0.15) is 15.5 Å². The Morgan fingerprint density at radius 1 is 1.12 bits per heavy atom. The number of hydrogen-bond acceptors (Lipinski definition) is 3. The first-order chi connectivity index (χ1) is 7.72. The van der Waals surface area contributed by atoms with Crippen LogP contribution in [-0.4, -0.2) is 11.1 Å². The van der Waals surface area contributed by atoms with Gasteiger partial charge in [0, 0.05) is 0 Å². The Bertz CT molecular complexity index is 283. The van der Waals surface area contributed by atoms with Crippen molar-refractivity contribution >= 4 is 0 Å². The largest absolute Gasteiger partial charge is 0.196 e. The van der Waals surface area contributed by atoms with E-state index in [0.717, 1.165) is 12.8 Å². The summed E-state index contributed by atoms with van der Waals surface area (Å²) >= 11 is 0. The average Bonchev–Trinajstić information content (AvgIpc) is 2.23. The second-order valence-corrected chi connectivity index (χ2v) is 6.19. The second kappa shape index (κ2) is 6.74. The van der Waals surface area contributed by atoms with Crippen LogP contribution in [0.15, 0.2) is 10.2 Å². The summed E-state index contributed by atoms with van der Waals surface area (Å²) in [6.07, 6.45) is 4.26. The fraction of sp³-hybridized carbons (Fsp3) is 0.929. The third-order valence-electron chi connectivity index (χ3n) is 2.72. The number of hydrogen-bond donors (Lipinski definition) is 0. The molecule has 0 aliphatic carbocycles. The summed E-state index contributed by atoms with van der Waals surface area (Å²) in [5.41, 5.74) is -0.859. The van der Waals surface area contributed by atoms with E-state index in [9.17, 15) is 5.26 Å². The van der Waals surface area contributed by atoms with E-state index < -0.39 is 5.54 Å². The van der Waals surface area contributed by atoms with E-state index in [1.165, 1.54) is 12.8 Å². The predicted octanol–water partition coefficient (Wildman–Crippen LogP) is 4.74. The maximum atomic E-state index is 9.22. The van der Waals surface area contributed by atoms with E-state index in [-0.39, 0.29) is 5.54 Å². The zero-order valence-electron chi connectivity index (χ0n) is 12.2. The van der Waals surface area contributed by atoms with Crippen LogP contribution < -0.4 is 0 Å². The van der Waals surface area contributed by atoms with E-state index in [1.54, 1.807) is 0 Å². The van der Waals surface area contributed by atoms with Crippen molar-refractivity contribution in [1.29, 1.82) is 5.26 Å². The molecule has 0 aromatic rings. The monoisotopic (exact) mass is 237 g/mol. The molecule has 0 aromatic carbocycles. The summed E-state index contributed by atoms with van der Waals surface area (Å²) in [7, 11) is 0. The van der Waals surface area contributed by atoms with E-state index in [0.29, 0.717) is 5.92 Å². The molecule has 0 heterocycles. The molecule has 0 radical (unpaired) electrons. The topological polar surface area (TPSA) is 48.5 Å². The van der Waals surface area contributed by atoms with Crippen molar-refractivity contribution in [3.63, 3.8) is 0 Å². The number of rotatable bonds is 6. The van der Waals surface area contributed by atoms with Gasteiger partial charge < -0.3 is 0 Å². The Labute approximate surface area is 106 Å². The normalized spacial score (nSPS) is 17.7. The summed E-state index contributed by atoms with van der Waals surface area (Å²) in [4.78, 5) is 0. The SMILES string of the molecule is CCCC(C)CCC(C)(C#N)N=NC(C)(C)C. The third-order valence-corrected chi connectivity index (χ3v) is 2.72. The molecule has 2 unspecified atom stereocenters. The van der Waals surface area contributed by atoms with Crippen molar-refractivity contribution in [2.75, 3.05) is 0 Å². The highest BCUT2D eigenvalue weighted by molar-refractivity contribution is 5.03. The van der Waals surface area contributed by atoms with Gasteiger partial charge in [-0.25, -0.2) is 0 Å². The van der Waals surface area contributed by atoms with E-state index in [2.05, 4.69) is 30.1 Å². The van der Waals surface area contributed by atoms with Crippen molar-refractivity contribution < 1.29 is 0 Å². The molecular formula is C14H27N3.